The van der Waals surface area contributed by atoms with Gasteiger partial charge in [-0.1, -0.05) is 27.2 Å². The van der Waals surface area contributed by atoms with E-state index in [0.29, 0.717) is 30.8 Å². The first-order chi connectivity index (χ1) is 8.77. The standard InChI is InChI=1S/C16H30O3/c1-5-19-14(17)9-12-16(18)10-6-7-13(8-11-16)15(2,3)4/h13,18H,5-12H2,1-4H3. The number of esters is 1. The van der Waals surface area contributed by atoms with Crippen molar-refractivity contribution in [2.24, 2.45) is 11.3 Å². The predicted octanol–water partition coefficient (Wildman–Crippen LogP) is 3.69. The zero-order valence-corrected chi connectivity index (χ0v) is 13.0. The van der Waals surface area contributed by atoms with Crippen molar-refractivity contribution >= 4 is 5.97 Å². The Hall–Kier alpha value is -0.570. The minimum Gasteiger partial charge on any atom is -0.466 e. The van der Waals surface area contributed by atoms with E-state index in [0.717, 1.165) is 25.7 Å². The molecule has 0 aliphatic heterocycles. The fourth-order valence-corrected chi connectivity index (χ4v) is 3.07. The summed E-state index contributed by atoms with van der Waals surface area (Å²) in [4.78, 5) is 11.4. The second-order valence-corrected chi connectivity index (χ2v) is 7.02. The van der Waals surface area contributed by atoms with Crippen molar-refractivity contribution in [2.75, 3.05) is 6.61 Å². The van der Waals surface area contributed by atoms with E-state index in [2.05, 4.69) is 20.8 Å². The molecule has 3 nitrogen and oxygen atoms in total. The molecule has 0 aromatic rings. The molecule has 0 saturated heterocycles. The van der Waals surface area contributed by atoms with Crippen LogP contribution in [-0.2, 0) is 9.53 Å². The van der Waals surface area contributed by atoms with Gasteiger partial charge in [0.25, 0.3) is 0 Å². The van der Waals surface area contributed by atoms with Crippen molar-refractivity contribution in [1.29, 1.82) is 0 Å². The molecule has 0 radical (unpaired) electrons. The Labute approximate surface area is 117 Å². The van der Waals surface area contributed by atoms with Crippen LogP contribution < -0.4 is 0 Å². The highest BCUT2D eigenvalue weighted by molar-refractivity contribution is 5.69. The molecule has 1 aliphatic rings. The van der Waals surface area contributed by atoms with E-state index in [1.54, 1.807) is 0 Å². The highest BCUT2D eigenvalue weighted by atomic mass is 16.5. The molecule has 3 heteroatoms. The quantitative estimate of drug-likeness (QED) is 0.626. The second-order valence-electron chi connectivity index (χ2n) is 7.02. The fourth-order valence-electron chi connectivity index (χ4n) is 3.07. The molecule has 0 heterocycles. The number of rotatable bonds is 4. The lowest BCUT2D eigenvalue weighted by atomic mass is 9.76. The predicted molar refractivity (Wildman–Crippen MR) is 76.8 cm³/mol. The van der Waals surface area contributed by atoms with Crippen LogP contribution >= 0.6 is 0 Å². The van der Waals surface area contributed by atoms with Crippen molar-refractivity contribution < 1.29 is 14.6 Å². The number of aliphatic hydroxyl groups is 1. The Kier molecular flexibility index (Phi) is 5.84. The van der Waals surface area contributed by atoms with Crippen LogP contribution in [0.15, 0.2) is 0 Å². The summed E-state index contributed by atoms with van der Waals surface area (Å²) in [5.74, 6) is 0.483. The summed E-state index contributed by atoms with van der Waals surface area (Å²) in [6.45, 7) is 9.07. The van der Waals surface area contributed by atoms with E-state index < -0.39 is 5.60 Å². The normalized spacial score (nSPS) is 28.8. The average molecular weight is 270 g/mol. The molecular formula is C16H30O3. The van der Waals surface area contributed by atoms with Gasteiger partial charge in [-0.05, 0) is 50.4 Å². The summed E-state index contributed by atoms with van der Waals surface area (Å²) in [6.07, 6.45) is 5.82. The molecule has 0 bridgehead atoms. The van der Waals surface area contributed by atoms with Gasteiger partial charge in [0.15, 0.2) is 0 Å². The van der Waals surface area contributed by atoms with Crippen LogP contribution in [0.1, 0.15) is 72.6 Å². The van der Waals surface area contributed by atoms with Crippen molar-refractivity contribution in [3.8, 4) is 0 Å². The lowest BCUT2D eigenvalue weighted by molar-refractivity contribution is -0.144. The van der Waals surface area contributed by atoms with Crippen molar-refractivity contribution in [3.05, 3.63) is 0 Å². The summed E-state index contributed by atoms with van der Waals surface area (Å²) in [5, 5.41) is 10.6. The molecule has 2 unspecified atom stereocenters. The first-order valence-electron chi connectivity index (χ1n) is 7.65. The van der Waals surface area contributed by atoms with Gasteiger partial charge in [0, 0.05) is 6.42 Å². The topological polar surface area (TPSA) is 46.5 Å². The van der Waals surface area contributed by atoms with Crippen LogP contribution in [0.4, 0.5) is 0 Å². The summed E-state index contributed by atoms with van der Waals surface area (Å²) in [6, 6.07) is 0. The van der Waals surface area contributed by atoms with Crippen LogP contribution in [0.5, 0.6) is 0 Å². The minimum atomic E-state index is -0.660. The number of carbonyl (C=O) groups is 1. The average Bonchev–Trinajstić information content (AvgIpc) is 2.49. The Morgan fingerprint density at radius 2 is 2.00 bits per heavy atom. The third-order valence-corrected chi connectivity index (χ3v) is 4.48. The van der Waals surface area contributed by atoms with Crippen molar-refractivity contribution in [2.45, 2.75) is 78.2 Å². The summed E-state index contributed by atoms with van der Waals surface area (Å²) < 4.78 is 4.93. The van der Waals surface area contributed by atoms with E-state index in [4.69, 9.17) is 4.74 Å². The van der Waals surface area contributed by atoms with E-state index in [1.165, 1.54) is 6.42 Å². The summed E-state index contributed by atoms with van der Waals surface area (Å²) >= 11 is 0. The number of ether oxygens (including phenoxy) is 1. The van der Waals surface area contributed by atoms with E-state index >= 15 is 0 Å². The number of carbonyl (C=O) groups excluding carboxylic acids is 1. The first-order valence-corrected chi connectivity index (χ1v) is 7.65. The molecule has 1 saturated carbocycles. The molecule has 1 rings (SSSR count). The van der Waals surface area contributed by atoms with Gasteiger partial charge >= 0.3 is 5.97 Å². The molecule has 2 atom stereocenters. The van der Waals surface area contributed by atoms with E-state index in [1.807, 2.05) is 6.92 Å². The highest BCUT2D eigenvalue weighted by Crippen LogP contribution is 2.41. The van der Waals surface area contributed by atoms with E-state index in [-0.39, 0.29) is 5.97 Å². The van der Waals surface area contributed by atoms with Gasteiger partial charge in [0.05, 0.1) is 12.2 Å². The molecule has 0 aromatic carbocycles. The summed E-state index contributed by atoms with van der Waals surface area (Å²) in [5.41, 5.74) is -0.348. The Morgan fingerprint density at radius 1 is 1.32 bits per heavy atom. The van der Waals surface area contributed by atoms with Gasteiger partial charge < -0.3 is 9.84 Å². The van der Waals surface area contributed by atoms with Gasteiger partial charge in [0.1, 0.15) is 0 Å². The lowest BCUT2D eigenvalue weighted by Crippen LogP contribution is -2.29. The van der Waals surface area contributed by atoms with Crippen molar-refractivity contribution in [1.82, 2.24) is 0 Å². The zero-order valence-electron chi connectivity index (χ0n) is 13.0. The molecule has 0 aromatic heterocycles. The monoisotopic (exact) mass is 270 g/mol. The second kappa shape index (κ2) is 6.74. The maximum atomic E-state index is 11.4. The number of hydrogen-bond donors (Lipinski definition) is 1. The smallest absolute Gasteiger partial charge is 0.305 e. The van der Waals surface area contributed by atoms with Crippen LogP contribution in [0.25, 0.3) is 0 Å². The minimum absolute atomic E-state index is 0.187. The third-order valence-electron chi connectivity index (χ3n) is 4.48. The van der Waals surface area contributed by atoms with Crippen LogP contribution in [0.2, 0.25) is 0 Å². The fraction of sp³-hybridized carbons (Fsp3) is 0.938. The van der Waals surface area contributed by atoms with Crippen LogP contribution in [0, 0.1) is 11.3 Å². The Morgan fingerprint density at radius 3 is 2.58 bits per heavy atom. The Balaban J connectivity index is 2.48. The van der Waals surface area contributed by atoms with Crippen LogP contribution in [0.3, 0.4) is 0 Å². The van der Waals surface area contributed by atoms with Gasteiger partial charge in [-0.15, -0.1) is 0 Å². The van der Waals surface area contributed by atoms with Gasteiger partial charge in [-0.2, -0.15) is 0 Å². The maximum Gasteiger partial charge on any atom is 0.305 e. The molecular weight excluding hydrogens is 240 g/mol. The third kappa shape index (κ3) is 5.52. The van der Waals surface area contributed by atoms with Crippen LogP contribution in [-0.4, -0.2) is 23.3 Å². The number of hydrogen-bond acceptors (Lipinski definition) is 3. The zero-order chi connectivity index (χ0) is 14.5. The van der Waals surface area contributed by atoms with Gasteiger partial charge in [-0.3, -0.25) is 4.79 Å². The van der Waals surface area contributed by atoms with E-state index in [9.17, 15) is 9.90 Å². The highest BCUT2D eigenvalue weighted by Gasteiger charge is 2.34. The van der Waals surface area contributed by atoms with Crippen molar-refractivity contribution in [3.63, 3.8) is 0 Å². The summed E-state index contributed by atoms with van der Waals surface area (Å²) in [7, 11) is 0. The van der Waals surface area contributed by atoms with Gasteiger partial charge in [-0.25, -0.2) is 0 Å². The molecule has 1 aliphatic carbocycles. The Bertz CT molecular complexity index is 293. The first kappa shape index (κ1) is 16.5. The SMILES string of the molecule is CCOC(=O)CCC1(O)CCCC(C(C)(C)C)CC1. The maximum absolute atomic E-state index is 11.4. The molecule has 0 spiro atoms. The largest absolute Gasteiger partial charge is 0.466 e. The molecule has 19 heavy (non-hydrogen) atoms. The lowest BCUT2D eigenvalue weighted by Gasteiger charge is -2.31. The molecule has 1 fully saturated rings. The molecule has 1 N–H and O–H groups in total. The molecule has 0 amide bonds. The van der Waals surface area contributed by atoms with Gasteiger partial charge in [0.2, 0.25) is 0 Å². The molecule has 112 valence electrons.